The van der Waals surface area contributed by atoms with Crippen LogP contribution in [0.5, 0.6) is 0 Å². The van der Waals surface area contributed by atoms with Crippen molar-refractivity contribution in [2.24, 2.45) is 0 Å². The lowest BCUT2D eigenvalue weighted by atomic mass is 9.85. The monoisotopic (exact) mass is 794 g/mol. The maximum absolute atomic E-state index is 5.00. The fourth-order valence-corrected chi connectivity index (χ4v) is 7.57. The smallest absolute Gasteiger partial charge is 0.164 e. The molecule has 0 atom stereocenters. The second-order valence-corrected chi connectivity index (χ2v) is 14.7. The quantitative estimate of drug-likeness (QED) is 0.128. The van der Waals surface area contributed by atoms with Gasteiger partial charge in [0.05, 0.1) is 0 Å². The van der Waals surface area contributed by atoms with Crippen LogP contribution in [0.1, 0.15) is 22.3 Å². The second-order valence-electron chi connectivity index (χ2n) is 14.7. The van der Waals surface area contributed by atoms with Crippen molar-refractivity contribution in [3.05, 3.63) is 253 Å². The third kappa shape index (κ3) is 8.09. The van der Waals surface area contributed by atoms with Gasteiger partial charge in [-0.25, -0.2) is 29.9 Å². The molecule has 0 radical (unpaired) electrons. The molecule has 0 spiro atoms. The Kier molecular flexibility index (Phi) is 10.6. The van der Waals surface area contributed by atoms with Crippen molar-refractivity contribution in [3.63, 3.8) is 0 Å². The highest BCUT2D eigenvalue weighted by Gasteiger charge is 2.19. The van der Waals surface area contributed by atoms with Crippen molar-refractivity contribution in [1.29, 1.82) is 0 Å². The standard InChI is InChI=1S/C56H38N6/c1-7-19-39(20-8-1)49(40-21-9-2-10-22-40)50(41-31-35-47(36-32-41)55-59-51(43-23-11-3-12-24-43)57-52(60-55)44-25-13-4-14-26-44)42-33-37-48(38-34-42)56-61-53(45-27-15-5-16-28-45)58-54(62-56)46-29-17-6-18-30-46/h1-38H. The summed E-state index contributed by atoms with van der Waals surface area (Å²) in [6.45, 7) is 0. The molecular formula is C56H38N6. The molecule has 0 amide bonds. The number of hydrogen-bond acceptors (Lipinski definition) is 6. The molecule has 6 nitrogen and oxygen atoms in total. The molecule has 10 aromatic rings. The van der Waals surface area contributed by atoms with Gasteiger partial charge in [0.1, 0.15) is 0 Å². The van der Waals surface area contributed by atoms with E-state index >= 15 is 0 Å². The summed E-state index contributed by atoms with van der Waals surface area (Å²) in [6.07, 6.45) is 0. The van der Waals surface area contributed by atoms with Crippen LogP contribution < -0.4 is 0 Å². The van der Waals surface area contributed by atoms with Crippen molar-refractivity contribution in [2.75, 3.05) is 0 Å². The van der Waals surface area contributed by atoms with Gasteiger partial charge in [0.25, 0.3) is 0 Å². The van der Waals surface area contributed by atoms with Crippen molar-refractivity contribution in [3.8, 4) is 68.3 Å². The van der Waals surface area contributed by atoms with Crippen LogP contribution in [-0.2, 0) is 0 Å². The van der Waals surface area contributed by atoms with Crippen LogP contribution in [0.25, 0.3) is 79.5 Å². The lowest BCUT2D eigenvalue weighted by Crippen LogP contribution is -2.01. The number of aromatic nitrogens is 6. The van der Waals surface area contributed by atoms with E-state index in [0.717, 1.165) is 66.8 Å². The third-order valence-corrected chi connectivity index (χ3v) is 10.6. The lowest BCUT2D eigenvalue weighted by molar-refractivity contribution is 1.07. The van der Waals surface area contributed by atoms with Gasteiger partial charge in [-0.15, -0.1) is 0 Å². The number of nitrogens with zero attached hydrogens (tertiary/aromatic N) is 6. The van der Waals surface area contributed by atoms with E-state index in [9.17, 15) is 0 Å². The van der Waals surface area contributed by atoms with Crippen LogP contribution in [0, 0.1) is 0 Å². The van der Waals surface area contributed by atoms with Gasteiger partial charge in [0.15, 0.2) is 34.9 Å². The molecule has 0 aliphatic carbocycles. The van der Waals surface area contributed by atoms with Gasteiger partial charge in [-0.3, -0.25) is 0 Å². The van der Waals surface area contributed by atoms with E-state index in [1.807, 2.05) is 121 Å². The van der Waals surface area contributed by atoms with Gasteiger partial charge in [-0.1, -0.05) is 231 Å². The summed E-state index contributed by atoms with van der Waals surface area (Å²) in [5.74, 6) is 3.71. The predicted molar refractivity (Wildman–Crippen MR) is 250 cm³/mol. The average molecular weight is 795 g/mol. The number of hydrogen-bond donors (Lipinski definition) is 0. The molecule has 0 N–H and O–H groups in total. The summed E-state index contributed by atoms with van der Waals surface area (Å²) in [7, 11) is 0. The minimum atomic E-state index is 0.604. The first-order valence-electron chi connectivity index (χ1n) is 20.5. The van der Waals surface area contributed by atoms with Crippen molar-refractivity contribution in [1.82, 2.24) is 29.9 Å². The molecular weight excluding hydrogens is 757 g/mol. The van der Waals surface area contributed by atoms with E-state index < -0.39 is 0 Å². The average Bonchev–Trinajstić information content (AvgIpc) is 3.37. The first kappa shape index (κ1) is 37.8. The van der Waals surface area contributed by atoms with Crippen molar-refractivity contribution in [2.45, 2.75) is 0 Å². The van der Waals surface area contributed by atoms with E-state index in [0.29, 0.717) is 34.9 Å². The summed E-state index contributed by atoms with van der Waals surface area (Å²) in [5, 5.41) is 0. The van der Waals surface area contributed by atoms with Gasteiger partial charge < -0.3 is 0 Å². The summed E-state index contributed by atoms with van der Waals surface area (Å²) >= 11 is 0. The van der Waals surface area contributed by atoms with Crippen LogP contribution in [0.3, 0.4) is 0 Å². The molecule has 6 heteroatoms. The van der Waals surface area contributed by atoms with Gasteiger partial charge in [0, 0.05) is 33.4 Å². The van der Waals surface area contributed by atoms with Crippen LogP contribution in [0.15, 0.2) is 231 Å². The minimum Gasteiger partial charge on any atom is -0.208 e. The molecule has 0 saturated carbocycles. The Balaban J connectivity index is 1.11. The zero-order valence-electron chi connectivity index (χ0n) is 33.6. The highest BCUT2D eigenvalue weighted by molar-refractivity contribution is 6.04. The van der Waals surface area contributed by atoms with E-state index in [2.05, 4.69) is 109 Å². The number of rotatable bonds is 10. The Hall–Kier alpha value is -8.48. The summed E-state index contributed by atoms with van der Waals surface area (Å²) in [4.78, 5) is 29.8. The lowest BCUT2D eigenvalue weighted by Gasteiger charge is -2.19. The van der Waals surface area contributed by atoms with Crippen LogP contribution in [0.2, 0.25) is 0 Å². The van der Waals surface area contributed by atoms with Gasteiger partial charge in [0.2, 0.25) is 0 Å². The SMILES string of the molecule is c1ccc(C(=C(c2ccc(-c3nc(-c4ccccc4)nc(-c4ccccc4)n3)cc2)c2ccc(-c3nc(-c4ccccc4)nc(-c4ccccc4)n3)cc2)c2ccccc2)cc1. The van der Waals surface area contributed by atoms with Crippen LogP contribution in [-0.4, -0.2) is 29.9 Å². The Morgan fingerprint density at radius 1 is 0.177 bits per heavy atom. The Morgan fingerprint density at radius 3 is 0.581 bits per heavy atom. The number of benzene rings is 8. The minimum absolute atomic E-state index is 0.604. The fourth-order valence-electron chi connectivity index (χ4n) is 7.57. The molecule has 10 rings (SSSR count). The molecule has 0 saturated heterocycles. The molecule has 0 aliphatic rings. The summed E-state index contributed by atoms with van der Waals surface area (Å²) in [6, 6.07) is 78.5. The Morgan fingerprint density at radius 2 is 0.355 bits per heavy atom. The van der Waals surface area contributed by atoms with Crippen molar-refractivity contribution >= 4 is 11.1 Å². The molecule has 2 aromatic heterocycles. The topological polar surface area (TPSA) is 77.3 Å². The summed E-state index contributed by atoms with van der Waals surface area (Å²) in [5.41, 5.74) is 12.0. The molecule has 8 aromatic carbocycles. The van der Waals surface area contributed by atoms with Gasteiger partial charge >= 0.3 is 0 Å². The van der Waals surface area contributed by atoms with E-state index in [1.54, 1.807) is 0 Å². The highest BCUT2D eigenvalue weighted by atomic mass is 15.0. The first-order valence-corrected chi connectivity index (χ1v) is 20.5. The summed E-state index contributed by atoms with van der Waals surface area (Å²) < 4.78 is 0. The predicted octanol–water partition coefficient (Wildman–Crippen LogP) is 13.1. The zero-order valence-corrected chi connectivity index (χ0v) is 33.6. The van der Waals surface area contributed by atoms with E-state index in [1.165, 1.54) is 0 Å². The van der Waals surface area contributed by atoms with Gasteiger partial charge in [-0.2, -0.15) is 0 Å². The molecule has 0 aliphatic heterocycles. The maximum Gasteiger partial charge on any atom is 0.164 e. The maximum atomic E-state index is 5.00. The van der Waals surface area contributed by atoms with E-state index in [4.69, 9.17) is 29.9 Å². The molecule has 292 valence electrons. The molecule has 0 fully saturated rings. The normalized spacial score (nSPS) is 10.9. The molecule has 0 bridgehead atoms. The zero-order chi connectivity index (χ0) is 41.5. The Bertz CT molecular complexity index is 2780. The van der Waals surface area contributed by atoms with Crippen LogP contribution >= 0.6 is 0 Å². The highest BCUT2D eigenvalue weighted by Crippen LogP contribution is 2.38. The Labute approximate surface area is 360 Å². The van der Waals surface area contributed by atoms with Crippen molar-refractivity contribution < 1.29 is 0 Å². The molecule has 2 heterocycles. The molecule has 0 unspecified atom stereocenters. The fraction of sp³-hybridized carbons (Fsp3) is 0. The third-order valence-electron chi connectivity index (χ3n) is 10.6. The largest absolute Gasteiger partial charge is 0.208 e. The first-order chi connectivity index (χ1) is 30.7. The molecule has 62 heavy (non-hydrogen) atoms. The van der Waals surface area contributed by atoms with Gasteiger partial charge in [-0.05, 0) is 33.4 Å². The van der Waals surface area contributed by atoms with E-state index in [-0.39, 0.29) is 0 Å². The second kappa shape index (κ2) is 17.4. The van der Waals surface area contributed by atoms with Crippen LogP contribution in [0.4, 0.5) is 0 Å².